The Bertz CT molecular complexity index is 1300. The Morgan fingerprint density at radius 2 is 1.73 bits per heavy atom. The van der Waals surface area contributed by atoms with Gasteiger partial charge < -0.3 is 14.8 Å². The van der Waals surface area contributed by atoms with Crippen LogP contribution in [0.2, 0.25) is 0 Å². The molecule has 0 spiro atoms. The van der Waals surface area contributed by atoms with Gasteiger partial charge in [-0.05, 0) is 84.8 Å². The van der Waals surface area contributed by atoms with Crippen LogP contribution in [0.5, 0.6) is 0 Å². The lowest BCUT2D eigenvalue weighted by molar-refractivity contribution is -0.134. The third-order valence-corrected chi connectivity index (χ3v) is 7.48. The van der Waals surface area contributed by atoms with Crippen molar-refractivity contribution < 1.29 is 32.6 Å². The van der Waals surface area contributed by atoms with E-state index in [9.17, 15) is 23.2 Å². The van der Waals surface area contributed by atoms with Gasteiger partial charge in [0.25, 0.3) is 0 Å². The van der Waals surface area contributed by atoms with Crippen molar-refractivity contribution in [1.29, 1.82) is 0 Å². The van der Waals surface area contributed by atoms with Gasteiger partial charge in [0.1, 0.15) is 11.2 Å². The van der Waals surface area contributed by atoms with E-state index in [0.717, 1.165) is 10.5 Å². The summed E-state index contributed by atoms with van der Waals surface area (Å²) in [7, 11) is 0. The zero-order valence-corrected chi connectivity index (χ0v) is 24.9. The highest BCUT2D eigenvalue weighted by Crippen LogP contribution is 2.41. The van der Waals surface area contributed by atoms with Gasteiger partial charge in [0.2, 0.25) is 11.8 Å². The molecule has 3 amide bonds. The van der Waals surface area contributed by atoms with Crippen molar-refractivity contribution in [2.24, 2.45) is 11.3 Å². The summed E-state index contributed by atoms with van der Waals surface area (Å²) in [6.45, 7) is 12.6. The lowest BCUT2D eigenvalue weighted by atomic mass is 9.81. The Kier molecular flexibility index (Phi) is 8.09. The van der Waals surface area contributed by atoms with Crippen LogP contribution in [-0.2, 0) is 20.7 Å². The van der Waals surface area contributed by atoms with Gasteiger partial charge in [-0.3, -0.25) is 4.79 Å². The number of alkyl carbamates (subject to hydrolysis) is 1. The Hall–Kier alpha value is -3.31. The van der Waals surface area contributed by atoms with Crippen LogP contribution in [0, 0.1) is 11.3 Å². The maximum atomic E-state index is 13.9. The molecule has 0 bridgehead atoms. The van der Waals surface area contributed by atoms with E-state index in [4.69, 9.17) is 14.5 Å². The number of rotatable bonds is 5. The fraction of sp³-hybridized carbons (Fsp3) is 0.690. The number of halogens is 2. The largest absolute Gasteiger partial charge is 0.444 e. The molecule has 12 heteroatoms. The Morgan fingerprint density at radius 3 is 2.34 bits per heavy atom. The second-order valence-corrected chi connectivity index (χ2v) is 13.6. The normalized spacial score (nSPS) is 22.6. The van der Waals surface area contributed by atoms with Gasteiger partial charge in [0.05, 0.1) is 29.5 Å². The molecule has 3 heterocycles. The summed E-state index contributed by atoms with van der Waals surface area (Å²) in [6.07, 6.45) is 2.79. The zero-order chi connectivity index (χ0) is 30.4. The minimum atomic E-state index is -2.71. The molecule has 1 N–H and O–H groups in total. The van der Waals surface area contributed by atoms with Crippen LogP contribution < -0.4 is 5.32 Å². The summed E-state index contributed by atoms with van der Waals surface area (Å²) in [5.74, 6) is -3.26. The quantitative estimate of drug-likeness (QED) is 0.475. The number of nitrogens with one attached hydrogen (secondary N) is 1. The van der Waals surface area contributed by atoms with Gasteiger partial charge in [-0.2, -0.15) is 5.10 Å². The molecular weight excluding hydrogens is 536 g/mol. The minimum absolute atomic E-state index is 0.231. The molecule has 2 aromatic heterocycles. The van der Waals surface area contributed by atoms with E-state index in [2.05, 4.69) is 10.4 Å². The van der Waals surface area contributed by atoms with Crippen molar-refractivity contribution in [2.75, 3.05) is 6.54 Å². The van der Waals surface area contributed by atoms with Crippen LogP contribution >= 0.6 is 0 Å². The molecule has 10 nitrogen and oxygen atoms in total. The first kappa shape index (κ1) is 30.6. The molecule has 41 heavy (non-hydrogen) atoms. The predicted molar refractivity (Wildman–Crippen MR) is 146 cm³/mol. The van der Waals surface area contributed by atoms with Crippen molar-refractivity contribution in [1.82, 2.24) is 24.8 Å². The number of aromatic nitrogens is 3. The molecule has 2 aliphatic rings. The molecule has 1 saturated heterocycles. The molecule has 1 aliphatic heterocycles. The number of imidazole rings is 1. The maximum absolute atomic E-state index is 13.9. The number of carbonyl (C=O) groups is 3. The van der Waals surface area contributed by atoms with Gasteiger partial charge in [0.15, 0.2) is 5.65 Å². The van der Waals surface area contributed by atoms with E-state index in [1.54, 1.807) is 58.5 Å². The van der Waals surface area contributed by atoms with E-state index in [1.807, 2.05) is 13.0 Å². The molecule has 2 aromatic rings. The van der Waals surface area contributed by atoms with Crippen molar-refractivity contribution >= 4 is 23.7 Å². The zero-order valence-electron chi connectivity index (χ0n) is 24.9. The van der Waals surface area contributed by atoms with Crippen LogP contribution in [0.25, 0.3) is 5.65 Å². The number of amides is 3. The summed E-state index contributed by atoms with van der Waals surface area (Å²) in [5, 5.41) is 7.33. The Balaban J connectivity index is 1.54. The number of carbonyl (C=O) groups excluding carboxylic acids is 3. The highest BCUT2D eigenvalue weighted by atomic mass is 19.3. The van der Waals surface area contributed by atoms with Crippen LogP contribution in [0.15, 0.2) is 18.5 Å². The Labute approximate surface area is 239 Å². The van der Waals surface area contributed by atoms with E-state index in [1.165, 1.54) is 0 Å². The van der Waals surface area contributed by atoms with Gasteiger partial charge in [-0.25, -0.2) is 32.8 Å². The van der Waals surface area contributed by atoms with Crippen LogP contribution in [0.1, 0.15) is 97.9 Å². The number of hydrogen-bond acceptors (Lipinski definition) is 7. The average molecular weight is 578 g/mol. The number of likely N-dealkylation sites (tertiary alicyclic amines) is 1. The smallest absolute Gasteiger partial charge is 0.417 e. The molecule has 0 aromatic carbocycles. The first-order chi connectivity index (χ1) is 18.8. The van der Waals surface area contributed by atoms with Crippen LogP contribution in [0.3, 0.4) is 0 Å². The van der Waals surface area contributed by atoms with Gasteiger partial charge in [-0.15, -0.1) is 0 Å². The first-order valence-corrected chi connectivity index (χ1v) is 14.1. The lowest BCUT2D eigenvalue weighted by Crippen LogP contribution is -2.41. The fourth-order valence-corrected chi connectivity index (χ4v) is 5.44. The molecule has 2 fully saturated rings. The summed E-state index contributed by atoms with van der Waals surface area (Å²) in [4.78, 5) is 44.3. The van der Waals surface area contributed by atoms with E-state index in [-0.39, 0.29) is 44.1 Å². The third-order valence-electron chi connectivity index (χ3n) is 7.48. The summed E-state index contributed by atoms with van der Waals surface area (Å²) >= 11 is 0. The summed E-state index contributed by atoms with van der Waals surface area (Å²) < 4.78 is 40.2. The van der Waals surface area contributed by atoms with Crippen molar-refractivity contribution in [3.8, 4) is 0 Å². The maximum Gasteiger partial charge on any atom is 0.417 e. The van der Waals surface area contributed by atoms with E-state index < -0.39 is 40.8 Å². The summed E-state index contributed by atoms with van der Waals surface area (Å²) in [5.41, 5.74) is -0.511. The SMILES string of the molecule is CC(C)(C)OC(=O)N[C@H](c1cn2ncc(CC3(C)CCN(C(=O)OC(C)(C)C)C3=O)cc2n1)C1CCC(F)(F)CC1. The highest BCUT2D eigenvalue weighted by Gasteiger charge is 2.46. The van der Waals surface area contributed by atoms with Gasteiger partial charge in [0, 0.05) is 19.4 Å². The highest BCUT2D eigenvalue weighted by molar-refractivity contribution is 5.97. The van der Waals surface area contributed by atoms with Gasteiger partial charge in [-0.1, -0.05) is 6.92 Å². The number of fused-ring (bicyclic) bond motifs is 1. The van der Waals surface area contributed by atoms with Crippen molar-refractivity contribution in [2.45, 2.75) is 110 Å². The number of alkyl halides is 2. The second kappa shape index (κ2) is 10.8. The van der Waals surface area contributed by atoms with Crippen LogP contribution in [-0.4, -0.2) is 61.3 Å². The predicted octanol–water partition coefficient (Wildman–Crippen LogP) is 5.84. The number of nitrogens with zero attached hydrogens (tertiary/aromatic N) is 4. The molecular formula is C29H41F2N5O5. The third kappa shape index (κ3) is 7.51. The lowest BCUT2D eigenvalue weighted by Gasteiger charge is -2.33. The van der Waals surface area contributed by atoms with Crippen molar-refractivity contribution in [3.63, 3.8) is 0 Å². The second-order valence-electron chi connectivity index (χ2n) is 13.6. The molecule has 0 radical (unpaired) electrons. The first-order valence-electron chi connectivity index (χ1n) is 14.1. The van der Waals surface area contributed by atoms with Crippen LogP contribution in [0.4, 0.5) is 18.4 Å². The fourth-order valence-electron chi connectivity index (χ4n) is 5.44. The standard InChI is InChI=1S/C29H41F2N5O5/c1-26(2,3)40-24(38)34-22(19-8-10-29(30,31)11-9-19)20-17-36-21(33-20)14-18(16-32-36)15-28(7)12-13-35(23(28)37)25(39)41-27(4,5)6/h14,16-17,19,22H,8-13,15H2,1-7H3,(H,34,38)/t22-,28?/m0/s1. The molecule has 226 valence electrons. The van der Waals surface area contributed by atoms with Gasteiger partial charge >= 0.3 is 12.2 Å². The minimum Gasteiger partial charge on any atom is -0.444 e. The van der Waals surface area contributed by atoms with E-state index >= 15 is 0 Å². The molecule has 1 unspecified atom stereocenters. The summed E-state index contributed by atoms with van der Waals surface area (Å²) in [6, 6.07) is 1.17. The number of hydrogen-bond donors (Lipinski definition) is 1. The molecule has 4 rings (SSSR count). The topological polar surface area (TPSA) is 115 Å². The molecule has 1 aliphatic carbocycles. The molecule has 1 saturated carbocycles. The molecule has 2 atom stereocenters. The Morgan fingerprint density at radius 1 is 1.10 bits per heavy atom. The van der Waals surface area contributed by atoms with Crippen molar-refractivity contribution in [3.05, 3.63) is 29.7 Å². The van der Waals surface area contributed by atoms with E-state index in [0.29, 0.717) is 24.2 Å². The monoisotopic (exact) mass is 577 g/mol. The number of imide groups is 1. The average Bonchev–Trinajstić information content (AvgIpc) is 3.36. The number of ether oxygens (including phenoxy) is 2.